The van der Waals surface area contributed by atoms with E-state index in [9.17, 15) is 9.35 Å². The summed E-state index contributed by atoms with van der Waals surface area (Å²) in [6.45, 7) is 1.76. The van der Waals surface area contributed by atoms with E-state index >= 15 is 0 Å². The summed E-state index contributed by atoms with van der Waals surface area (Å²) in [5.74, 6) is 0.664. The monoisotopic (exact) mass is 371 g/mol. The Balaban J connectivity index is 2.10. The molecule has 2 unspecified atom stereocenters. The Hall–Kier alpha value is -1.01. The summed E-state index contributed by atoms with van der Waals surface area (Å²) in [6, 6.07) is 3.20. The first-order valence-electron chi connectivity index (χ1n) is 7.21. The lowest BCUT2D eigenvalue weighted by Gasteiger charge is -2.19. The van der Waals surface area contributed by atoms with Crippen LogP contribution in [0.1, 0.15) is 58.2 Å². The highest BCUT2D eigenvalue weighted by Crippen LogP contribution is 2.43. The Kier molecular flexibility index (Phi) is 4.74. The molecule has 1 fully saturated rings. The lowest BCUT2D eigenvalue weighted by Crippen LogP contribution is -2.15. The molecule has 2 aromatic rings. The maximum absolute atomic E-state index is 13.0. The summed E-state index contributed by atoms with van der Waals surface area (Å²) in [5.41, 5.74) is 1.35. The van der Waals surface area contributed by atoms with E-state index in [0.717, 1.165) is 12.8 Å². The number of rotatable bonds is 5. The molecule has 0 radical (unpaired) electrons. The van der Waals surface area contributed by atoms with Gasteiger partial charge in [0, 0.05) is 17.0 Å². The first kappa shape index (κ1) is 16.8. The predicted octanol–water partition coefficient (Wildman–Crippen LogP) is 4.53. The van der Waals surface area contributed by atoms with Gasteiger partial charge < -0.3 is 9.08 Å². The molecule has 3 rings (SSSR count). The molecule has 1 aliphatic rings. The highest BCUT2D eigenvalue weighted by Gasteiger charge is 2.34. The van der Waals surface area contributed by atoms with E-state index in [-0.39, 0.29) is 16.7 Å². The van der Waals surface area contributed by atoms with E-state index in [4.69, 9.17) is 27.7 Å². The second kappa shape index (κ2) is 6.48. The number of benzene rings is 1. The number of carbonyl (C=O) groups is 1. The second-order valence-electron chi connectivity index (χ2n) is 5.67. The Labute approximate surface area is 147 Å². The van der Waals surface area contributed by atoms with Crippen molar-refractivity contribution in [2.75, 3.05) is 6.26 Å². The summed E-state index contributed by atoms with van der Waals surface area (Å²) in [5, 5.41) is 3.96. The molecule has 4 nitrogen and oxygen atoms in total. The third kappa shape index (κ3) is 3.15. The van der Waals surface area contributed by atoms with Crippen LogP contribution >= 0.6 is 23.2 Å². The number of hydrogen-bond acceptors (Lipinski definition) is 4. The minimum atomic E-state index is -1.19. The predicted molar refractivity (Wildman–Crippen MR) is 90.9 cm³/mol. The van der Waals surface area contributed by atoms with Crippen molar-refractivity contribution in [3.05, 3.63) is 50.8 Å². The minimum Gasteiger partial charge on any atom is -0.616 e. The molecule has 2 atom stereocenters. The Morgan fingerprint density at radius 1 is 1.39 bits per heavy atom. The molecule has 1 aromatic carbocycles. The van der Waals surface area contributed by atoms with Crippen molar-refractivity contribution >= 4 is 40.2 Å². The third-order valence-corrected chi connectivity index (χ3v) is 6.12. The topological polar surface area (TPSA) is 66.2 Å². The van der Waals surface area contributed by atoms with Crippen molar-refractivity contribution in [3.8, 4) is 0 Å². The SMILES string of the molecule is CC(c1c(C(=O)c2cnoc2C2CC2)ccc(Cl)c1Cl)[S+](C)[O-]. The van der Waals surface area contributed by atoms with Gasteiger partial charge in [-0.3, -0.25) is 4.79 Å². The van der Waals surface area contributed by atoms with Crippen molar-refractivity contribution in [1.29, 1.82) is 0 Å². The van der Waals surface area contributed by atoms with Gasteiger partial charge in [-0.05, 0) is 43.1 Å². The number of nitrogens with zero attached hydrogens (tertiary/aromatic N) is 1. The summed E-state index contributed by atoms with van der Waals surface area (Å²) >= 11 is 11.2. The Bertz CT molecular complexity index is 756. The first-order chi connectivity index (χ1) is 10.9. The van der Waals surface area contributed by atoms with Crippen molar-refractivity contribution < 1.29 is 13.9 Å². The summed E-state index contributed by atoms with van der Waals surface area (Å²) < 4.78 is 17.2. The van der Waals surface area contributed by atoms with Crippen LogP contribution < -0.4 is 0 Å². The second-order valence-corrected chi connectivity index (χ2v) is 8.16. The normalized spacial score (nSPS) is 17.1. The van der Waals surface area contributed by atoms with Crippen molar-refractivity contribution in [2.24, 2.45) is 0 Å². The lowest BCUT2D eigenvalue weighted by atomic mass is 9.96. The van der Waals surface area contributed by atoms with Gasteiger partial charge in [0.2, 0.25) is 0 Å². The van der Waals surface area contributed by atoms with Crippen LogP contribution in [-0.4, -0.2) is 21.7 Å². The Morgan fingerprint density at radius 3 is 2.70 bits per heavy atom. The van der Waals surface area contributed by atoms with Gasteiger partial charge in [-0.2, -0.15) is 0 Å². The van der Waals surface area contributed by atoms with Crippen molar-refractivity contribution in [3.63, 3.8) is 0 Å². The summed E-state index contributed by atoms with van der Waals surface area (Å²) in [7, 11) is 0. The number of hydrogen-bond donors (Lipinski definition) is 0. The average Bonchev–Trinajstić information content (AvgIpc) is 3.25. The van der Waals surface area contributed by atoms with E-state index < -0.39 is 16.4 Å². The van der Waals surface area contributed by atoms with Gasteiger partial charge >= 0.3 is 0 Å². The quantitative estimate of drug-likeness (QED) is 0.571. The van der Waals surface area contributed by atoms with Crippen molar-refractivity contribution in [1.82, 2.24) is 5.16 Å². The number of ketones is 1. The zero-order valence-corrected chi connectivity index (χ0v) is 15.0. The lowest BCUT2D eigenvalue weighted by molar-refractivity contribution is 0.103. The van der Waals surface area contributed by atoms with Crippen LogP contribution in [0.4, 0.5) is 0 Å². The molecule has 1 aromatic heterocycles. The molecule has 7 heteroatoms. The molecule has 1 aliphatic carbocycles. The fraction of sp³-hybridized carbons (Fsp3) is 0.375. The van der Waals surface area contributed by atoms with Gasteiger partial charge in [-0.15, -0.1) is 0 Å². The maximum atomic E-state index is 13.0. The van der Waals surface area contributed by atoms with Crippen LogP contribution in [0, 0.1) is 0 Å². The molecule has 0 N–H and O–H groups in total. The third-order valence-electron chi connectivity index (χ3n) is 4.07. The maximum Gasteiger partial charge on any atom is 0.198 e. The number of carbonyl (C=O) groups excluding carboxylic acids is 1. The van der Waals surface area contributed by atoms with Gasteiger partial charge in [0.05, 0.1) is 28.1 Å². The van der Waals surface area contributed by atoms with E-state index in [2.05, 4.69) is 5.16 Å². The van der Waals surface area contributed by atoms with Crippen LogP contribution in [0.25, 0.3) is 0 Å². The highest BCUT2D eigenvalue weighted by atomic mass is 35.5. The molecule has 0 spiro atoms. The molecule has 122 valence electrons. The molecule has 1 heterocycles. The van der Waals surface area contributed by atoms with E-state index in [1.807, 2.05) is 0 Å². The zero-order valence-electron chi connectivity index (χ0n) is 12.6. The van der Waals surface area contributed by atoms with Crippen LogP contribution in [0.15, 0.2) is 22.9 Å². The smallest absolute Gasteiger partial charge is 0.198 e. The van der Waals surface area contributed by atoms with E-state index in [1.54, 1.807) is 25.3 Å². The number of halogens is 2. The van der Waals surface area contributed by atoms with Crippen LogP contribution in [0.2, 0.25) is 10.0 Å². The molecule has 23 heavy (non-hydrogen) atoms. The molecular weight excluding hydrogens is 357 g/mol. The van der Waals surface area contributed by atoms with E-state index in [0.29, 0.717) is 27.5 Å². The van der Waals surface area contributed by atoms with Gasteiger partial charge in [0.15, 0.2) is 11.5 Å². The zero-order chi connectivity index (χ0) is 16.7. The van der Waals surface area contributed by atoms with Gasteiger partial charge in [0.25, 0.3) is 0 Å². The van der Waals surface area contributed by atoms with Crippen LogP contribution in [-0.2, 0) is 11.2 Å². The van der Waals surface area contributed by atoms with Gasteiger partial charge in [0.1, 0.15) is 5.25 Å². The molecule has 1 saturated carbocycles. The van der Waals surface area contributed by atoms with Crippen molar-refractivity contribution in [2.45, 2.75) is 30.9 Å². The molecule has 0 saturated heterocycles. The van der Waals surface area contributed by atoms with Gasteiger partial charge in [-0.25, -0.2) is 0 Å². The fourth-order valence-corrected chi connectivity index (χ4v) is 3.67. The molecule has 0 bridgehead atoms. The minimum absolute atomic E-state index is 0.223. The summed E-state index contributed by atoms with van der Waals surface area (Å²) in [6.07, 6.45) is 5.01. The Morgan fingerprint density at radius 2 is 2.09 bits per heavy atom. The first-order valence-corrected chi connectivity index (χ1v) is 9.59. The molecular formula is C16H15Cl2NO3S. The largest absolute Gasteiger partial charge is 0.616 e. The number of aromatic nitrogens is 1. The van der Waals surface area contributed by atoms with E-state index in [1.165, 1.54) is 6.20 Å². The molecule has 0 aliphatic heterocycles. The van der Waals surface area contributed by atoms with Gasteiger partial charge in [-0.1, -0.05) is 28.4 Å². The summed E-state index contributed by atoms with van der Waals surface area (Å²) in [4.78, 5) is 13.0. The van der Waals surface area contributed by atoms with Crippen LogP contribution in [0.3, 0.4) is 0 Å². The van der Waals surface area contributed by atoms with Crippen LogP contribution in [0.5, 0.6) is 0 Å². The standard InChI is InChI=1S/C16H15Cl2NO3S/c1-8(23(2)21)13-10(5-6-12(17)14(13)18)15(20)11-7-19-22-16(11)9-3-4-9/h5-9H,3-4H2,1-2H3. The average molecular weight is 372 g/mol. The fourth-order valence-electron chi connectivity index (χ4n) is 2.53. The highest BCUT2D eigenvalue weighted by molar-refractivity contribution is 7.90. The molecule has 0 amide bonds.